The molecule has 0 aliphatic heterocycles. The predicted octanol–water partition coefficient (Wildman–Crippen LogP) is -0.0185. The number of hydrogen-bond acceptors (Lipinski definition) is 4. The molecule has 5 nitrogen and oxygen atoms in total. The van der Waals surface area contributed by atoms with Crippen molar-refractivity contribution in [2.75, 3.05) is 5.75 Å². The first-order chi connectivity index (χ1) is 6.56. The Morgan fingerprint density at radius 3 is 2.27 bits per heavy atom. The van der Waals surface area contributed by atoms with Crippen LogP contribution < -0.4 is 0 Å². The number of carbonyl (C=O) groups is 1. The van der Waals surface area contributed by atoms with Gasteiger partial charge in [-0.25, -0.2) is 4.79 Å². The maximum absolute atomic E-state index is 12.0. The van der Waals surface area contributed by atoms with Gasteiger partial charge in [-0.15, -0.1) is 6.42 Å². The number of alkyl halides is 3. The van der Waals surface area contributed by atoms with E-state index in [4.69, 9.17) is 4.55 Å². The van der Waals surface area contributed by atoms with E-state index in [1.165, 1.54) is 5.92 Å². The molecule has 0 spiro atoms. The summed E-state index contributed by atoms with van der Waals surface area (Å²) in [6.45, 7) is 0. The highest BCUT2D eigenvalue weighted by molar-refractivity contribution is 7.85. The molecule has 0 bridgehead atoms. The molecule has 0 rings (SSSR count). The van der Waals surface area contributed by atoms with Crippen LogP contribution in [0.5, 0.6) is 0 Å². The zero-order valence-corrected chi connectivity index (χ0v) is 7.80. The van der Waals surface area contributed by atoms with E-state index in [0.29, 0.717) is 0 Å². The number of halogens is 3. The number of terminal acetylenes is 1. The molecule has 15 heavy (non-hydrogen) atoms. The van der Waals surface area contributed by atoms with Gasteiger partial charge in [0.05, 0.1) is 0 Å². The lowest BCUT2D eigenvalue weighted by molar-refractivity contribution is -0.211. The predicted molar refractivity (Wildman–Crippen MR) is 41.2 cm³/mol. The van der Waals surface area contributed by atoms with Gasteiger partial charge >= 0.3 is 12.1 Å². The van der Waals surface area contributed by atoms with Crippen LogP contribution in [-0.2, 0) is 19.6 Å². The van der Waals surface area contributed by atoms with Crippen molar-refractivity contribution >= 4 is 16.1 Å². The van der Waals surface area contributed by atoms with Gasteiger partial charge in [0.1, 0.15) is 5.75 Å². The van der Waals surface area contributed by atoms with Gasteiger partial charge in [-0.05, 0) is 0 Å². The molecule has 0 amide bonds. The lowest BCUT2D eigenvalue weighted by Gasteiger charge is -2.17. The molecule has 0 saturated carbocycles. The number of esters is 1. The van der Waals surface area contributed by atoms with Crippen molar-refractivity contribution in [2.24, 2.45) is 0 Å². The molecule has 0 aromatic carbocycles. The topological polar surface area (TPSA) is 80.7 Å². The summed E-state index contributed by atoms with van der Waals surface area (Å²) in [6, 6.07) is 0. The van der Waals surface area contributed by atoms with E-state index in [1.54, 1.807) is 0 Å². The van der Waals surface area contributed by atoms with Crippen LogP contribution >= 0.6 is 0 Å². The first-order valence-corrected chi connectivity index (χ1v) is 4.86. The average Bonchev–Trinajstić information content (AvgIpc) is 1.98. The minimum atomic E-state index is -5.12. The van der Waals surface area contributed by atoms with Gasteiger partial charge in [0.15, 0.2) is 0 Å². The first kappa shape index (κ1) is 13.7. The highest BCUT2D eigenvalue weighted by Gasteiger charge is 2.45. The van der Waals surface area contributed by atoms with Crippen LogP contribution in [0.1, 0.15) is 0 Å². The first-order valence-electron chi connectivity index (χ1n) is 3.25. The molecule has 0 radical (unpaired) electrons. The Morgan fingerprint density at radius 1 is 1.53 bits per heavy atom. The van der Waals surface area contributed by atoms with E-state index >= 15 is 0 Å². The molecule has 1 atom stereocenters. The second-order valence-electron chi connectivity index (χ2n) is 2.33. The largest absolute Gasteiger partial charge is 0.442 e. The van der Waals surface area contributed by atoms with Crippen molar-refractivity contribution in [1.29, 1.82) is 0 Å². The van der Waals surface area contributed by atoms with Crippen LogP contribution in [-0.4, -0.2) is 37.0 Å². The molecule has 1 unspecified atom stereocenters. The molecule has 0 aromatic rings. The molecule has 0 aliphatic rings. The molecule has 0 aliphatic carbocycles. The van der Waals surface area contributed by atoms with Crippen LogP contribution in [0.4, 0.5) is 13.2 Å². The van der Waals surface area contributed by atoms with E-state index in [2.05, 4.69) is 11.2 Å². The normalized spacial score (nSPS) is 14.1. The van der Waals surface area contributed by atoms with Crippen molar-refractivity contribution in [3.63, 3.8) is 0 Å². The molecule has 1 N–H and O–H groups in total. The summed E-state index contributed by atoms with van der Waals surface area (Å²) in [6.07, 6.45) is -3.68. The van der Waals surface area contributed by atoms with Gasteiger partial charge in [-0.1, -0.05) is 0 Å². The maximum atomic E-state index is 12.0. The molecule has 0 aromatic heterocycles. The van der Waals surface area contributed by atoms with E-state index in [1.807, 2.05) is 0 Å². The van der Waals surface area contributed by atoms with E-state index in [9.17, 15) is 26.4 Å². The van der Waals surface area contributed by atoms with Gasteiger partial charge in [0.25, 0.3) is 10.1 Å². The van der Waals surface area contributed by atoms with Gasteiger partial charge in [0, 0.05) is 5.92 Å². The van der Waals surface area contributed by atoms with E-state index in [0.717, 1.165) is 0 Å². The number of rotatable bonds is 3. The Bertz CT molecular complexity index is 377. The van der Waals surface area contributed by atoms with Crippen molar-refractivity contribution in [2.45, 2.75) is 12.3 Å². The van der Waals surface area contributed by atoms with Crippen LogP contribution in [0.3, 0.4) is 0 Å². The van der Waals surface area contributed by atoms with Crippen LogP contribution in [0.2, 0.25) is 0 Å². The maximum Gasteiger partial charge on any atom is 0.426 e. The van der Waals surface area contributed by atoms with Gasteiger partial charge < -0.3 is 4.74 Å². The Hall–Kier alpha value is -1.27. The molecular weight excluding hydrogens is 241 g/mol. The Labute approximate surface area is 83.0 Å². The second-order valence-corrected chi connectivity index (χ2v) is 3.83. The van der Waals surface area contributed by atoms with Crippen molar-refractivity contribution < 1.29 is 35.7 Å². The number of hydrogen-bond donors (Lipinski definition) is 1. The fourth-order valence-corrected chi connectivity index (χ4v) is 1.19. The molecule has 0 saturated heterocycles. The third-order valence-corrected chi connectivity index (χ3v) is 1.82. The minimum Gasteiger partial charge on any atom is -0.442 e. The average molecular weight is 246 g/mol. The minimum absolute atomic E-state index is 1.22. The van der Waals surface area contributed by atoms with Crippen molar-refractivity contribution in [3.05, 3.63) is 0 Å². The molecule has 86 valence electrons. The zero-order chi connectivity index (χ0) is 12.3. The van der Waals surface area contributed by atoms with Gasteiger partial charge in [-0.3, -0.25) is 4.55 Å². The fraction of sp³-hybridized carbons (Fsp3) is 0.500. The highest BCUT2D eigenvalue weighted by Crippen LogP contribution is 2.24. The van der Waals surface area contributed by atoms with Gasteiger partial charge in [-0.2, -0.15) is 21.6 Å². The number of carbonyl (C=O) groups excluding carboxylic acids is 1. The Morgan fingerprint density at radius 2 is 2.00 bits per heavy atom. The lowest BCUT2D eigenvalue weighted by atomic mass is 10.4. The molecule has 0 heterocycles. The summed E-state index contributed by atoms with van der Waals surface area (Å²) in [5.74, 6) is -2.24. The van der Waals surface area contributed by atoms with Crippen LogP contribution in [0.15, 0.2) is 0 Å². The van der Waals surface area contributed by atoms with Crippen LogP contribution in [0.25, 0.3) is 0 Å². The Kier molecular flexibility index (Phi) is 4.12. The summed E-state index contributed by atoms with van der Waals surface area (Å²) in [4.78, 5) is 10.3. The zero-order valence-electron chi connectivity index (χ0n) is 6.98. The van der Waals surface area contributed by atoms with Crippen molar-refractivity contribution in [3.8, 4) is 12.3 Å². The molecule has 9 heteroatoms. The van der Waals surface area contributed by atoms with E-state index < -0.39 is 34.1 Å². The second kappa shape index (κ2) is 4.50. The Balaban J connectivity index is 4.78. The third-order valence-electron chi connectivity index (χ3n) is 1.09. The third kappa shape index (κ3) is 5.92. The van der Waals surface area contributed by atoms with Crippen LogP contribution in [0, 0.1) is 12.3 Å². The summed E-state index contributed by atoms with van der Waals surface area (Å²) in [5, 5.41) is 0. The number of ether oxygens (including phenoxy) is 1. The molecular formula is C6H5F3O5S. The fourth-order valence-electron chi connectivity index (χ4n) is 0.550. The monoisotopic (exact) mass is 246 g/mol. The lowest BCUT2D eigenvalue weighted by Crippen LogP contribution is -2.39. The summed E-state index contributed by atoms with van der Waals surface area (Å²) in [5.41, 5.74) is 0. The van der Waals surface area contributed by atoms with E-state index in [-0.39, 0.29) is 0 Å². The summed E-state index contributed by atoms with van der Waals surface area (Å²) in [7, 11) is -4.93. The van der Waals surface area contributed by atoms with Gasteiger partial charge in [0.2, 0.25) is 6.10 Å². The smallest absolute Gasteiger partial charge is 0.426 e. The quantitative estimate of drug-likeness (QED) is 0.327. The molecule has 0 fully saturated rings. The summed E-state index contributed by atoms with van der Waals surface area (Å²) >= 11 is 0. The van der Waals surface area contributed by atoms with Crippen molar-refractivity contribution in [1.82, 2.24) is 0 Å². The summed E-state index contributed by atoms with van der Waals surface area (Å²) < 4.78 is 68.2. The SMILES string of the molecule is C#CC(=O)OC(CS(=O)(=O)O)C(F)(F)F. The highest BCUT2D eigenvalue weighted by atomic mass is 32.2. The standard InChI is InChI=1S/C6H5F3O5S/c1-2-5(10)14-4(6(7,8)9)3-15(11,12)13/h1,4H,3H2,(H,11,12,13).